The van der Waals surface area contributed by atoms with E-state index in [1.54, 1.807) is 0 Å². The second kappa shape index (κ2) is 7.88. The minimum absolute atomic E-state index is 0.0186. The van der Waals surface area contributed by atoms with Crippen LogP contribution < -0.4 is 10.2 Å². The summed E-state index contributed by atoms with van der Waals surface area (Å²) in [7, 11) is 0. The third-order valence-electron chi connectivity index (χ3n) is 5.23. The van der Waals surface area contributed by atoms with Crippen molar-refractivity contribution in [1.82, 2.24) is 0 Å². The number of aliphatic hydroxyl groups excluding tert-OH is 3. The van der Waals surface area contributed by atoms with Crippen LogP contribution in [0.4, 0.5) is 0 Å². The van der Waals surface area contributed by atoms with Crippen molar-refractivity contribution in [3.05, 3.63) is 40.6 Å². The molecule has 0 amide bonds. The topological polar surface area (TPSA) is 190 Å². The molecule has 4 rings (SSSR count). The molecule has 0 saturated carbocycles. The van der Waals surface area contributed by atoms with Crippen LogP contribution in [0.2, 0.25) is 0 Å². The molecular weight excluding hydrogens is 428 g/mol. The van der Waals surface area contributed by atoms with E-state index >= 15 is 0 Å². The molecule has 32 heavy (non-hydrogen) atoms. The number of phenolic OH excluding ortho intramolecular Hbond substituents is 4. The Kier molecular flexibility index (Phi) is 5.34. The predicted octanol–water partition coefficient (Wildman–Crippen LogP) is 0.489. The number of benzene rings is 2. The lowest BCUT2D eigenvalue weighted by Gasteiger charge is -2.39. The molecule has 2 aromatic carbocycles. The molecular formula is C21H20O11. The number of ether oxygens (including phenoxy) is 2. The molecule has 1 aromatic heterocycles. The Morgan fingerprint density at radius 3 is 2.28 bits per heavy atom. The van der Waals surface area contributed by atoms with E-state index in [-0.39, 0.29) is 28.0 Å². The van der Waals surface area contributed by atoms with Gasteiger partial charge in [-0.25, -0.2) is 0 Å². The van der Waals surface area contributed by atoms with Crippen LogP contribution in [0.15, 0.2) is 39.5 Å². The monoisotopic (exact) mass is 448 g/mol. The first kappa shape index (κ1) is 21.7. The van der Waals surface area contributed by atoms with E-state index in [1.165, 1.54) is 19.1 Å². The zero-order chi connectivity index (χ0) is 23.3. The van der Waals surface area contributed by atoms with E-state index in [0.29, 0.717) is 0 Å². The van der Waals surface area contributed by atoms with Crippen LogP contribution in [0.25, 0.3) is 22.3 Å². The molecule has 2 heterocycles. The van der Waals surface area contributed by atoms with Gasteiger partial charge >= 0.3 is 0 Å². The molecule has 0 spiro atoms. The van der Waals surface area contributed by atoms with Gasteiger partial charge in [-0.1, -0.05) is 0 Å². The lowest BCUT2D eigenvalue weighted by atomic mass is 10.00. The van der Waals surface area contributed by atoms with Crippen LogP contribution in [-0.2, 0) is 4.74 Å². The summed E-state index contributed by atoms with van der Waals surface area (Å²) in [6.07, 6.45) is -7.29. The first-order chi connectivity index (χ1) is 15.1. The minimum Gasteiger partial charge on any atom is -0.504 e. The minimum atomic E-state index is -1.73. The highest BCUT2D eigenvalue weighted by molar-refractivity contribution is 5.89. The number of fused-ring (bicyclic) bond motifs is 1. The molecule has 1 aliphatic heterocycles. The predicted molar refractivity (Wildman–Crippen MR) is 108 cm³/mol. The number of hydrogen-bond acceptors (Lipinski definition) is 11. The van der Waals surface area contributed by atoms with Crippen molar-refractivity contribution in [3.8, 4) is 40.1 Å². The zero-order valence-corrected chi connectivity index (χ0v) is 16.5. The molecule has 0 aliphatic carbocycles. The van der Waals surface area contributed by atoms with Crippen molar-refractivity contribution >= 4 is 11.0 Å². The molecule has 1 aliphatic rings. The van der Waals surface area contributed by atoms with Gasteiger partial charge in [0.1, 0.15) is 35.0 Å². The highest BCUT2D eigenvalue weighted by Gasteiger charge is 2.43. The van der Waals surface area contributed by atoms with Gasteiger partial charge in [0.15, 0.2) is 28.4 Å². The number of aromatic hydroxyl groups is 4. The van der Waals surface area contributed by atoms with Crippen LogP contribution in [0.3, 0.4) is 0 Å². The van der Waals surface area contributed by atoms with E-state index in [9.17, 15) is 40.5 Å². The molecule has 0 bridgehead atoms. The SMILES string of the molecule is CC1O[C@@H](Oc2c(O)c(O)cc3oc(-c4ccc(O)c(O)c4)cc(=O)c23)C(O)[C@@H](O)[C@H]1O. The van der Waals surface area contributed by atoms with Gasteiger partial charge in [0, 0.05) is 17.7 Å². The Bertz CT molecular complexity index is 1230. The fourth-order valence-corrected chi connectivity index (χ4v) is 3.42. The Hall–Kier alpha value is -3.51. The largest absolute Gasteiger partial charge is 0.504 e. The van der Waals surface area contributed by atoms with Crippen molar-refractivity contribution in [2.24, 2.45) is 0 Å². The highest BCUT2D eigenvalue weighted by atomic mass is 16.7. The maximum atomic E-state index is 12.9. The summed E-state index contributed by atoms with van der Waals surface area (Å²) in [6.45, 7) is 1.42. The molecule has 7 N–H and O–H groups in total. The van der Waals surface area contributed by atoms with Crippen LogP contribution in [-0.4, -0.2) is 66.5 Å². The smallest absolute Gasteiger partial charge is 0.229 e. The van der Waals surface area contributed by atoms with Crippen molar-refractivity contribution in [3.63, 3.8) is 0 Å². The Labute approximate surface area is 179 Å². The molecule has 1 saturated heterocycles. The standard InChI is InChI=1S/C21H20O11/c1-7-16(26)18(28)19(29)21(30-7)32-20-15-11(24)5-13(8-2-3-9(22)10(23)4-8)31-14(15)6-12(25)17(20)27/h2-7,16,18-19,21-23,25-29H,1H3/t7?,16-,18-,19?,21-/m0/s1. The summed E-state index contributed by atoms with van der Waals surface area (Å²) in [5.41, 5.74) is -0.673. The van der Waals surface area contributed by atoms with E-state index in [0.717, 1.165) is 18.2 Å². The molecule has 170 valence electrons. The fraction of sp³-hybridized carbons (Fsp3) is 0.286. The van der Waals surface area contributed by atoms with E-state index in [2.05, 4.69) is 0 Å². The van der Waals surface area contributed by atoms with Gasteiger partial charge in [-0.3, -0.25) is 4.79 Å². The average Bonchev–Trinajstić information content (AvgIpc) is 2.75. The van der Waals surface area contributed by atoms with Crippen LogP contribution >= 0.6 is 0 Å². The van der Waals surface area contributed by atoms with Crippen LogP contribution in [0.1, 0.15) is 6.92 Å². The highest BCUT2D eigenvalue weighted by Crippen LogP contribution is 2.43. The van der Waals surface area contributed by atoms with Gasteiger partial charge < -0.3 is 49.6 Å². The Morgan fingerprint density at radius 1 is 0.875 bits per heavy atom. The van der Waals surface area contributed by atoms with E-state index < -0.39 is 59.1 Å². The third-order valence-corrected chi connectivity index (χ3v) is 5.23. The van der Waals surface area contributed by atoms with E-state index in [1.807, 2.05) is 0 Å². The molecule has 2 unspecified atom stereocenters. The molecule has 5 atom stereocenters. The summed E-state index contributed by atoms with van der Waals surface area (Å²) in [5, 5.41) is 69.3. The fourth-order valence-electron chi connectivity index (χ4n) is 3.42. The maximum absolute atomic E-state index is 12.9. The van der Waals surface area contributed by atoms with Crippen LogP contribution in [0, 0.1) is 0 Å². The number of hydrogen-bond donors (Lipinski definition) is 7. The van der Waals surface area contributed by atoms with Gasteiger partial charge in [0.2, 0.25) is 12.0 Å². The molecule has 11 nitrogen and oxygen atoms in total. The molecule has 11 heteroatoms. The van der Waals surface area contributed by atoms with Gasteiger partial charge in [-0.15, -0.1) is 0 Å². The van der Waals surface area contributed by atoms with Gasteiger partial charge in [0.25, 0.3) is 0 Å². The molecule has 3 aromatic rings. The van der Waals surface area contributed by atoms with Gasteiger partial charge in [-0.2, -0.15) is 0 Å². The molecule has 1 fully saturated rings. The van der Waals surface area contributed by atoms with Gasteiger partial charge in [-0.05, 0) is 25.1 Å². The van der Waals surface area contributed by atoms with Crippen molar-refractivity contribution in [2.45, 2.75) is 37.6 Å². The van der Waals surface area contributed by atoms with E-state index in [4.69, 9.17) is 13.9 Å². The average molecular weight is 448 g/mol. The summed E-state index contributed by atoms with van der Waals surface area (Å²) in [6, 6.07) is 5.76. The first-order valence-electron chi connectivity index (χ1n) is 9.50. The van der Waals surface area contributed by atoms with Crippen molar-refractivity contribution in [1.29, 1.82) is 0 Å². The normalized spacial score (nSPS) is 25.7. The van der Waals surface area contributed by atoms with Crippen molar-refractivity contribution < 1.29 is 49.6 Å². The lowest BCUT2D eigenvalue weighted by Crippen LogP contribution is -2.58. The molecule has 0 radical (unpaired) electrons. The number of aliphatic hydroxyl groups is 3. The summed E-state index contributed by atoms with van der Waals surface area (Å²) in [4.78, 5) is 12.9. The second-order valence-electron chi connectivity index (χ2n) is 7.42. The summed E-state index contributed by atoms with van der Waals surface area (Å²) < 4.78 is 16.4. The van der Waals surface area contributed by atoms with Gasteiger partial charge in [0.05, 0.1) is 6.10 Å². The number of rotatable bonds is 3. The Balaban J connectivity index is 1.82. The zero-order valence-electron chi connectivity index (χ0n) is 16.5. The maximum Gasteiger partial charge on any atom is 0.229 e. The number of phenols is 4. The Morgan fingerprint density at radius 2 is 1.59 bits per heavy atom. The van der Waals surface area contributed by atoms with Crippen LogP contribution in [0.5, 0.6) is 28.7 Å². The quantitative estimate of drug-likeness (QED) is 0.276. The second-order valence-corrected chi connectivity index (χ2v) is 7.42. The summed E-state index contributed by atoms with van der Waals surface area (Å²) in [5.74, 6) is -2.93. The summed E-state index contributed by atoms with van der Waals surface area (Å²) >= 11 is 0. The lowest BCUT2D eigenvalue weighted by molar-refractivity contribution is -0.268. The van der Waals surface area contributed by atoms with Crippen molar-refractivity contribution in [2.75, 3.05) is 0 Å². The first-order valence-corrected chi connectivity index (χ1v) is 9.50. The third kappa shape index (κ3) is 3.56.